The van der Waals surface area contributed by atoms with Crippen LogP contribution in [0.5, 0.6) is 0 Å². The van der Waals surface area contributed by atoms with E-state index >= 15 is 0 Å². The SMILES string of the molecule is CN1CCc2c(sc(NC(=O)c3ccc(S(=O)(=O)N(C)c4ccccc4)cc3)c2C(N)=O)C1. The van der Waals surface area contributed by atoms with Gasteiger partial charge in [0.15, 0.2) is 0 Å². The van der Waals surface area contributed by atoms with E-state index < -0.39 is 21.8 Å². The van der Waals surface area contributed by atoms with E-state index in [0.717, 1.165) is 17.0 Å². The van der Waals surface area contributed by atoms with E-state index in [1.165, 1.54) is 47.0 Å². The van der Waals surface area contributed by atoms with Crippen molar-refractivity contribution < 1.29 is 18.0 Å². The molecule has 0 aliphatic carbocycles. The van der Waals surface area contributed by atoms with Gasteiger partial charge in [-0.3, -0.25) is 13.9 Å². The minimum absolute atomic E-state index is 0.0675. The fourth-order valence-corrected chi connectivity index (χ4v) is 6.29. The van der Waals surface area contributed by atoms with Gasteiger partial charge >= 0.3 is 0 Å². The minimum Gasteiger partial charge on any atom is -0.365 e. The van der Waals surface area contributed by atoms with Crippen molar-refractivity contribution in [3.63, 3.8) is 0 Å². The Labute approximate surface area is 196 Å². The average Bonchev–Trinajstić information content (AvgIpc) is 3.16. The van der Waals surface area contributed by atoms with Crippen molar-refractivity contribution in [2.45, 2.75) is 17.9 Å². The zero-order chi connectivity index (χ0) is 23.8. The number of nitrogens with zero attached hydrogens (tertiary/aromatic N) is 2. The van der Waals surface area contributed by atoms with Crippen molar-refractivity contribution >= 4 is 43.9 Å². The van der Waals surface area contributed by atoms with Gasteiger partial charge in [0, 0.05) is 30.6 Å². The van der Waals surface area contributed by atoms with Gasteiger partial charge in [-0.2, -0.15) is 0 Å². The Kier molecular flexibility index (Phi) is 6.24. The lowest BCUT2D eigenvalue weighted by Crippen LogP contribution is -2.27. The van der Waals surface area contributed by atoms with Crippen LogP contribution in [0.25, 0.3) is 0 Å². The molecule has 1 aromatic heterocycles. The van der Waals surface area contributed by atoms with E-state index in [4.69, 9.17) is 5.73 Å². The van der Waals surface area contributed by atoms with Crippen LogP contribution in [0, 0.1) is 0 Å². The summed E-state index contributed by atoms with van der Waals surface area (Å²) in [5.41, 5.74) is 7.67. The molecule has 1 aliphatic heterocycles. The van der Waals surface area contributed by atoms with Crippen LogP contribution in [-0.4, -0.2) is 45.8 Å². The van der Waals surface area contributed by atoms with Gasteiger partial charge in [-0.05, 0) is 55.4 Å². The standard InChI is InChI=1S/C23H24N4O4S2/c1-26-13-12-18-19(14-26)32-23(20(18)21(24)28)25-22(29)15-8-10-17(11-9-15)33(30,31)27(2)16-6-4-3-5-7-16/h3-11H,12-14H2,1-2H3,(H2,24,28)(H,25,29). The Morgan fingerprint density at radius 2 is 1.76 bits per heavy atom. The van der Waals surface area contributed by atoms with E-state index in [9.17, 15) is 18.0 Å². The highest BCUT2D eigenvalue weighted by Gasteiger charge is 2.27. The average molecular weight is 485 g/mol. The lowest BCUT2D eigenvalue weighted by Gasteiger charge is -2.22. The Morgan fingerprint density at radius 1 is 1.09 bits per heavy atom. The predicted molar refractivity (Wildman–Crippen MR) is 129 cm³/mol. The molecule has 2 amide bonds. The monoisotopic (exact) mass is 484 g/mol. The molecule has 33 heavy (non-hydrogen) atoms. The topological polar surface area (TPSA) is 113 Å². The molecule has 0 bridgehead atoms. The molecule has 0 atom stereocenters. The van der Waals surface area contributed by atoms with Crippen LogP contribution in [0.4, 0.5) is 10.7 Å². The van der Waals surface area contributed by atoms with Crippen molar-refractivity contribution in [3.05, 3.63) is 76.2 Å². The molecule has 172 valence electrons. The molecule has 0 saturated heterocycles. The zero-order valence-corrected chi connectivity index (χ0v) is 19.9. The number of nitrogens with two attached hydrogens (primary N) is 1. The van der Waals surface area contributed by atoms with Crippen LogP contribution >= 0.6 is 11.3 Å². The van der Waals surface area contributed by atoms with Gasteiger partial charge in [0.1, 0.15) is 5.00 Å². The highest BCUT2D eigenvalue weighted by Crippen LogP contribution is 2.37. The highest BCUT2D eigenvalue weighted by molar-refractivity contribution is 7.92. The largest absolute Gasteiger partial charge is 0.365 e. The Balaban J connectivity index is 1.56. The van der Waals surface area contributed by atoms with E-state index in [1.807, 2.05) is 13.1 Å². The molecule has 3 N–H and O–H groups in total. The molecule has 0 spiro atoms. The third-order valence-corrected chi connectivity index (χ3v) is 8.55. The number of anilines is 2. The number of nitrogens with one attached hydrogen (secondary N) is 1. The Hall–Kier alpha value is -3.21. The number of primary amides is 1. The zero-order valence-electron chi connectivity index (χ0n) is 18.2. The van der Waals surface area contributed by atoms with E-state index in [0.29, 0.717) is 29.2 Å². The second-order valence-electron chi connectivity index (χ2n) is 7.85. The van der Waals surface area contributed by atoms with E-state index in [2.05, 4.69) is 10.2 Å². The molecular weight excluding hydrogens is 460 g/mol. The number of thiophene rings is 1. The number of hydrogen-bond donors (Lipinski definition) is 2. The van der Waals surface area contributed by atoms with Crippen LogP contribution < -0.4 is 15.4 Å². The summed E-state index contributed by atoms with van der Waals surface area (Å²) in [6.07, 6.45) is 0.692. The predicted octanol–water partition coefficient (Wildman–Crippen LogP) is 2.91. The maximum absolute atomic E-state index is 12.9. The summed E-state index contributed by atoms with van der Waals surface area (Å²) in [7, 11) is -0.306. The summed E-state index contributed by atoms with van der Waals surface area (Å²) in [6, 6.07) is 14.4. The molecule has 0 fully saturated rings. The molecule has 8 nitrogen and oxygen atoms in total. The second kappa shape index (κ2) is 8.97. The summed E-state index contributed by atoms with van der Waals surface area (Å²) >= 11 is 1.35. The summed E-state index contributed by atoms with van der Waals surface area (Å²) in [4.78, 5) is 28.2. The molecule has 2 heterocycles. The van der Waals surface area contributed by atoms with Gasteiger partial charge in [0.05, 0.1) is 16.1 Å². The summed E-state index contributed by atoms with van der Waals surface area (Å²) in [5, 5.41) is 3.21. The molecule has 10 heteroatoms. The molecule has 0 saturated carbocycles. The number of hydrogen-bond acceptors (Lipinski definition) is 6. The molecule has 2 aromatic carbocycles. The number of para-hydroxylation sites is 1. The van der Waals surface area contributed by atoms with Crippen LogP contribution in [-0.2, 0) is 23.0 Å². The van der Waals surface area contributed by atoms with Gasteiger partial charge in [-0.25, -0.2) is 8.42 Å². The summed E-state index contributed by atoms with van der Waals surface area (Å²) in [5.74, 6) is -1.01. The minimum atomic E-state index is -3.78. The number of fused-ring (bicyclic) bond motifs is 1. The lowest BCUT2D eigenvalue weighted by molar-refractivity contribution is 0.1000. The van der Waals surface area contributed by atoms with Crippen molar-refractivity contribution in [1.82, 2.24) is 4.90 Å². The van der Waals surface area contributed by atoms with Crippen molar-refractivity contribution in [1.29, 1.82) is 0 Å². The first-order valence-electron chi connectivity index (χ1n) is 10.3. The number of sulfonamides is 1. The van der Waals surface area contributed by atoms with Crippen LogP contribution in [0.2, 0.25) is 0 Å². The van der Waals surface area contributed by atoms with E-state index in [-0.39, 0.29) is 10.5 Å². The Morgan fingerprint density at radius 3 is 2.39 bits per heavy atom. The van der Waals surface area contributed by atoms with E-state index in [1.54, 1.807) is 24.3 Å². The molecule has 0 unspecified atom stereocenters. The van der Waals surface area contributed by atoms with Gasteiger partial charge < -0.3 is 16.0 Å². The number of carbonyl (C=O) groups excluding carboxylic acids is 2. The van der Waals surface area contributed by atoms with Crippen molar-refractivity contribution in [2.24, 2.45) is 5.73 Å². The van der Waals surface area contributed by atoms with Gasteiger partial charge in [-0.1, -0.05) is 18.2 Å². The molecule has 0 radical (unpaired) electrons. The number of carbonyl (C=O) groups is 2. The normalized spacial score (nSPS) is 13.9. The van der Waals surface area contributed by atoms with Crippen LogP contribution in [0.3, 0.4) is 0 Å². The van der Waals surface area contributed by atoms with Crippen LogP contribution in [0.1, 0.15) is 31.2 Å². The molecule has 3 aromatic rings. The first-order valence-corrected chi connectivity index (χ1v) is 12.5. The maximum Gasteiger partial charge on any atom is 0.264 e. The van der Waals surface area contributed by atoms with Crippen molar-refractivity contribution in [3.8, 4) is 0 Å². The van der Waals surface area contributed by atoms with Gasteiger partial charge in [0.2, 0.25) is 0 Å². The number of benzene rings is 2. The third-order valence-electron chi connectivity index (χ3n) is 5.62. The van der Waals surface area contributed by atoms with Crippen molar-refractivity contribution in [2.75, 3.05) is 30.3 Å². The third kappa shape index (κ3) is 4.50. The molecular formula is C23H24N4O4S2. The molecule has 4 rings (SSSR count). The molecule has 1 aliphatic rings. The summed E-state index contributed by atoms with van der Waals surface area (Å²) < 4.78 is 27.1. The number of amides is 2. The first kappa shape index (κ1) is 23.0. The quantitative estimate of drug-likeness (QED) is 0.559. The Bertz CT molecular complexity index is 1300. The summed E-state index contributed by atoms with van der Waals surface area (Å²) in [6.45, 7) is 1.50. The number of likely N-dealkylation sites (N-methyl/N-ethyl adjacent to an activating group) is 1. The van der Waals surface area contributed by atoms with Crippen LogP contribution in [0.15, 0.2) is 59.5 Å². The fraction of sp³-hybridized carbons (Fsp3) is 0.217. The van der Waals surface area contributed by atoms with Gasteiger partial charge in [-0.15, -0.1) is 11.3 Å². The lowest BCUT2D eigenvalue weighted by atomic mass is 10.0. The second-order valence-corrected chi connectivity index (χ2v) is 10.9. The van der Waals surface area contributed by atoms with Gasteiger partial charge in [0.25, 0.3) is 21.8 Å². The highest BCUT2D eigenvalue weighted by atomic mass is 32.2. The number of rotatable bonds is 6. The smallest absolute Gasteiger partial charge is 0.264 e. The fourth-order valence-electron chi connectivity index (χ4n) is 3.77. The first-order chi connectivity index (χ1) is 15.7. The maximum atomic E-state index is 12.9.